The predicted molar refractivity (Wildman–Crippen MR) is 150 cm³/mol. The fraction of sp³-hybridized carbons (Fsp3) is 0.406. The maximum Gasteiger partial charge on any atom is 0.337 e. The Morgan fingerprint density at radius 2 is 1.72 bits per heavy atom. The fourth-order valence-corrected chi connectivity index (χ4v) is 5.44. The molecule has 4 rings (SSSR count). The Morgan fingerprint density at radius 3 is 2.22 bits per heavy atom. The molecule has 0 aromatic heterocycles. The van der Waals surface area contributed by atoms with Gasteiger partial charge in [0.1, 0.15) is 0 Å². The molecule has 2 aliphatic rings. The molecule has 1 atom stereocenters. The number of anilines is 1. The van der Waals surface area contributed by atoms with E-state index in [0.717, 1.165) is 68.9 Å². The Morgan fingerprint density at radius 1 is 1.08 bits per heavy atom. The van der Waals surface area contributed by atoms with Gasteiger partial charge in [0.25, 0.3) is 0 Å². The Hall–Kier alpha value is -3.11. The number of ether oxygens (including phenoxy) is 1. The molecule has 0 bridgehead atoms. The lowest BCUT2D eigenvalue weighted by molar-refractivity contribution is -0.160. The molecule has 0 spiro atoms. The van der Waals surface area contributed by atoms with E-state index in [-0.39, 0.29) is 0 Å². The van der Waals surface area contributed by atoms with Gasteiger partial charge in [-0.2, -0.15) is 0 Å². The van der Waals surface area contributed by atoms with Gasteiger partial charge >= 0.3 is 5.97 Å². The minimum absolute atomic E-state index is 0.625. The molecule has 0 amide bonds. The second kappa shape index (κ2) is 9.74. The normalized spacial score (nSPS) is 16.6. The van der Waals surface area contributed by atoms with E-state index in [4.69, 9.17) is 4.74 Å². The molecule has 0 radical (unpaired) electrons. The summed E-state index contributed by atoms with van der Waals surface area (Å²) in [5, 5.41) is 10.4. The molecule has 4 nitrogen and oxygen atoms in total. The van der Waals surface area contributed by atoms with Gasteiger partial charge < -0.3 is 14.7 Å². The van der Waals surface area contributed by atoms with Crippen molar-refractivity contribution in [2.24, 2.45) is 5.92 Å². The van der Waals surface area contributed by atoms with Crippen LogP contribution >= 0.6 is 0 Å². The molecule has 1 unspecified atom stereocenters. The van der Waals surface area contributed by atoms with Crippen molar-refractivity contribution in [3.8, 4) is 11.1 Å². The average Bonchev–Trinajstić information content (AvgIpc) is 3.63. The molecule has 4 heteroatoms. The summed E-state index contributed by atoms with van der Waals surface area (Å²) in [6.07, 6.45) is 5.26. The number of aliphatic carboxylic acids is 1. The van der Waals surface area contributed by atoms with Gasteiger partial charge in [0.2, 0.25) is 0 Å². The molecule has 0 saturated heterocycles. The first kappa shape index (κ1) is 26.0. The molecular formula is C32H39NO3. The first-order chi connectivity index (χ1) is 17.0. The van der Waals surface area contributed by atoms with Gasteiger partial charge in [0.05, 0.1) is 5.60 Å². The van der Waals surface area contributed by atoms with E-state index in [1.807, 2.05) is 32.9 Å². The largest absolute Gasteiger partial charge is 0.479 e. The van der Waals surface area contributed by atoms with Crippen LogP contribution in [0.3, 0.4) is 0 Å². The number of hydrogen-bond acceptors (Lipinski definition) is 3. The van der Waals surface area contributed by atoms with Crippen LogP contribution in [0.2, 0.25) is 0 Å². The Balaban J connectivity index is 2.12. The van der Waals surface area contributed by atoms with Gasteiger partial charge in [-0.15, -0.1) is 0 Å². The molecular weight excluding hydrogens is 446 g/mol. The first-order valence-electron chi connectivity index (χ1n) is 12.8. The lowest BCUT2D eigenvalue weighted by atomic mass is 9.79. The summed E-state index contributed by atoms with van der Waals surface area (Å²) in [7, 11) is 0. The van der Waals surface area contributed by atoms with Crippen LogP contribution in [0.25, 0.3) is 16.7 Å². The molecule has 2 aromatic rings. The Labute approximate surface area is 216 Å². The van der Waals surface area contributed by atoms with E-state index in [1.165, 1.54) is 12.8 Å². The van der Waals surface area contributed by atoms with Crippen molar-refractivity contribution < 1.29 is 14.6 Å². The highest BCUT2D eigenvalue weighted by Gasteiger charge is 2.37. The molecule has 1 aliphatic heterocycles. The average molecular weight is 486 g/mol. The highest BCUT2D eigenvalue weighted by molar-refractivity contribution is 5.97. The number of carboxylic acids is 1. The van der Waals surface area contributed by atoms with Crippen LogP contribution in [0.15, 0.2) is 55.1 Å². The summed E-state index contributed by atoms with van der Waals surface area (Å²) in [5.74, 6) is -0.299. The SMILES string of the molecule is C=CC1=C(C=C)c2c(C)c(-c3ccc(C)cc3)c(C(OC(C)(C)C)C(=O)O)c(C)c2N(CC2CC2)C1. The molecule has 1 saturated carbocycles. The highest BCUT2D eigenvalue weighted by Crippen LogP contribution is 2.49. The van der Waals surface area contributed by atoms with Gasteiger partial charge in [0, 0.05) is 29.9 Å². The van der Waals surface area contributed by atoms with E-state index in [0.29, 0.717) is 5.92 Å². The monoisotopic (exact) mass is 485 g/mol. The van der Waals surface area contributed by atoms with Crippen LogP contribution in [0.5, 0.6) is 0 Å². The second-order valence-electron chi connectivity index (χ2n) is 11.2. The van der Waals surface area contributed by atoms with Crippen molar-refractivity contribution in [2.75, 3.05) is 18.0 Å². The van der Waals surface area contributed by atoms with E-state index >= 15 is 0 Å². The van der Waals surface area contributed by atoms with Crippen molar-refractivity contribution in [2.45, 2.75) is 66.1 Å². The lowest BCUT2D eigenvalue weighted by Crippen LogP contribution is -2.34. The molecule has 1 heterocycles. The first-order valence-corrected chi connectivity index (χ1v) is 12.8. The Kier molecular flexibility index (Phi) is 7.03. The number of benzene rings is 2. The van der Waals surface area contributed by atoms with Gasteiger partial charge in [-0.1, -0.05) is 55.1 Å². The number of carboxylic acid groups (broad SMARTS) is 1. The third-order valence-corrected chi connectivity index (χ3v) is 7.23. The molecule has 1 aliphatic carbocycles. The van der Waals surface area contributed by atoms with Gasteiger partial charge in [-0.25, -0.2) is 4.79 Å². The number of fused-ring (bicyclic) bond motifs is 1. The van der Waals surface area contributed by atoms with Crippen molar-refractivity contribution in [1.29, 1.82) is 0 Å². The van der Waals surface area contributed by atoms with E-state index < -0.39 is 17.7 Å². The van der Waals surface area contributed by atoms with Crippen LogP contribution in [-0.2, 0) is 9.53 Å². The van der Waals surface area contributed by atoms with Crippen molar-refractivity contribution in [3.05, 3.63) is 83.0 Å². The number of allylic oxidation sites excluding steroid dienone is 2. The molecule has 190 valence electrons. The Bertz CT molecular complexity index is 1240. The third-order valence-electron chi connectivity index (χ3n) is 7.23. The lowest BCUT2D eigenvalue weighted by Gasteiger charge is -2.39. The van der Waals surface area contributed by atoms with Crippen LogP contribution in [0.4, 0.5) is 5.69 Å². The summed E-state index contributed by atoms with van der Waals surface area (Å²) in [4.78, 5) is 15.2. The van der Waals surface area contributed by atoms with E-state index in [1.54, 1.807) is 0 Å². The standard InChI is InChI=1S/C32H39NO3/c1-9-23-18-33(17-22-13-14-22)29-21(5)28(30(31(34)35)36-32(6,7)8)26(20(4)27(29)25(23)10-2)24-15-11-19(3)12-16-24/h9-12,15-16,22,30H,1-2,13-14,17-18H2,3-8H3,(H,34,35). The van der Waals surface area contributed by atoms with Crippen molar-refractivity contribution in [3.63, 3.8) is 0 Å². The van der Waals surface area contributed by atoms with Gasteiger partial charge in [0.15, 0.2) is 6.10 Å². The smallest absolute Gasteiger partial charge is 0.337 e. The minimum Gasteiger partial charge on any atom is -0.479 e. The quantitative estimate of drug-likeness (QED) is 0.419. The fourth-order valence-electron chi connectivity index (χ4n) is 5.44. The zero-order valence-electron chi connectivity index (χ0n) is 22.6. The summed E-state index contributed by atoms with van der Waals surface area (Å²) in [5.41, 5.74) is 9.68. The molecule has 1 fully saturated rings. The van der Waals surface area contributed by atoms with Crippen molar-refractivity contribution in [1.82, 2.24) is 0 Å². The summed E-state index contributed by atoms with van der Waals surface area (Å²) >= 11 is 0. The highest BCUT2D eigenvalue weighted by atomic mass is 16.5. The molecule has 36 heavy (non-hydrogen) atoms. The van der Waals surface area contributed by atoms with Crippen LogP contribution in [0.1, 0.15) is 67.5 Å². The van der Waals surface area contributed by atoms with Crippen LogP contribution in [0, 0.1) is 26.7 Å². The van der Waals surface area contributed by atoms with Crippen LogP contribution < -0.4 is 4.90 Å². The number of nitrogens with zero attached hydrogens (tertiary/aromatic N) is 1. The number of carbonyl (C=O) groups is 1. The van der Waals surface area contributed by atoms with E-state index in [2.05, 4.69) is 63.1 Å². The zero-order chi connectivity index (χ0) is 26.4. The van der Waals surface area contributed by atoms with Gasteiger partial charge in [-0.05, 0) is 93.7 Å². The zero-order valence-corrected chi connectivity index (χ0v) is 22.6. The van der Waals surface area contributed by atoms with Crippen molar-refractivity contribution >= 4 is 17.2 Å². The summed E-state index contributed by atoms with van der Waals surface area (Å²) in [6.45, 7) is 21.9. The minimum atomic E-state index is -1.09. The predicted octanol–water partition coefficient (Wildman–Crippen LogP) is 7.58. The summed E-state index contributed by atoms with van der Waals surface area (Å²) < 4.78 is 6.26. The van der Waals surface area contributed by atoms with E-state index in [9.17, 15) is 9.90 Å². The summed E-state index contributed by atoms with van der Waals surface area (Å²) in [6, 6.07) is 8.32. The number of hydrogen-bond donors (Lipinski definition) is 1. The second-order valence-corrected chi connectivity index (χ2v) is 11.2. The molecule has 1 N–H and O–H groups in total. The maximum atomic E-state index is 12.8. The number of rotatable bonds is 8. The maximum absolute atomic E-state index is 12.8. The van der Waals surface area contributed by atoms with Gasteiger partial charge in [-0.3, -0.25) is 0 Å². The molecule has 2 aromatic carbocycles. The topological polar surface area (TPSA) is 49.8 Å². The number of aryl methyl sites for hydroxylation is 1. The van der Waals surface area contributed by atoms with Crippen LogP contribution in [-0.4, -0.2) is 29.8 Å². The third kappa shape index (κ3) is 4.92.